The highest BCUT2D eigenvalue weighted by molar-refractivity contribution is 5.85. The van der Waals surface area contributed by atoms with Gasteiger partial charge in [-0.25, -0.2) is 0 Å². The Balaban J connectivity index is 0.00000289. The molecular weight excluding hydrogens is 426 g/mol. The molecule has 6 heteroatoms. The van der Waals surface area contributed by atoms with Crippen LogP contribution in [0.1, 0.15) is 45.6 Å². The van der Waals surface area contributed by atoms with Gasteiger partial charge < -0.3 is 19.1 Å². The van der Waals surface area contributed by atoms with Gasteiger partial charge in [0.2, 0.25) is 0 Å². The van der Waals surface area contributed by atoms with Gasteiger partial charge in [-0.05, 0) is 38.5 Å². The SMILES string of the molecule is CC(C)(C)C(=O)OC1(c2ccccc2)CCN(CCC2COc3ccccc3O2)CC1.Cl. The average Bonchev–Trinajstić information content (AvgIpc) is 2.78. The molecule has 2 aliphatic heterocycles. The molecule has 4 rings (SSSR count). The van der Waals surface area contributed by atoms with Gasteiger partial charge in [0, 0.05) is 38.9 Å². The number of hydrogen-bond donors (Lipinski definition) is 0. The maximum Gasteiger partial charge on any atom is 0.312 e. The van der Waals surface area contributed by atoms with Crippen LogP contribution in [-0.4, -0.2) is 43.2 Å². The zero-order chi connectivity index (χ0) is 21.9. The Morgan fingerprint density at radius 2 is 1.66 bits per heavy atom. The minimum atomic E-state index is -0.550. The second-order valence-corrected chi connectivity index (χ2v) is 9.63. The van der Waals surface area contributed by atoms with Crippen molar-refractivity contribution in [3.8, 4) is 11.5 Å². The van der Waals surface area contributed by atoms with Crippen LogP contribution in [0.2, 0.25) is 0 Å². The van der Waals surface area contributed by atoms with Crippen LogP contribution in [0.15, 0.2) is 54.6 Å². The molecule has 174 valence electrons. The number of likely N-dealkylation sites (tertiary alicyclic amines) is 1. The quantitative estimate of drug-likeness (QED) is 0.574. The number of fused-ring (bicyclic) bond motifs is 1. The molecule has 1 unspecified atom stereocenters. The van der Waals surface area contributed by atoms with Gasteiger partial charge in [-0.3, -0.25) is 4.79 Å². The third-order valence-electron chi connectivity index (χ3n) is 6.20. The lowest BCUT2D eigenvalue weighted by Crippen LogP contribution is -2.47. The number of halogens is 1. The summed E-state index contributed by atoms with van der Waals surface area (Å²) < 4.78 is 18.1. The van der Waals surface area contributed by atoms with E-state index in [2.05, 4.69) is 17.0 Å². The Hall–Kier alpha value is -2.24. The molecule has 2 heterocycles. The molecule has 1 saturated heterocycles. The number of carbonyl (C=O) groups excluding carboxylic acids is 1. The fraction of sp³-hybridized carbons (Fsp3) is 0.500. The summed E-state index contributed by atoms with van der Waals surface area (Å²) in [5, 5.41) is 0. The fourth-order valence-corrected chi connectivity index (χ4v) is 4.19. The van der Waals surface area contributed by atoms with Crippen molar-refractivity contribution >= 4 is 18.4 Å². The zero-order valence-corrected chi connectivity index (χ0v) is 20.0. The van der Waals surface area contributed by atoms with E-state index < -0.39 is 11.0 Å². The van der Waals surface area contributed by atoms with Gasteiger partial charge in [0.15, 0.2) is 11.5 Å². The van der Waals surface area contributed by atoms with E-state index in [0.717, 1.165) is 56.0 Å². The summed E-state index contributed by atoms with van der Waals surface area (Å²) in [4.78, 5) is 15.2. The molecule has 2 aliphatic rings. The highest BCUT2D eigenvalue weighted by Crippen LogP contribution is 2.39. The van der Waals surface area contributed by atoms with E-state index >= 15 is 0 Å². The first-order valence-electron chi connectivity index (χ1n) is 11.3. The van der Waals surface area contributed by atoms with Gasteiger partial charge in [0.05, 0.1) is 5.41 Å². The van der Waals surface area contributed by atoms with E-state index in [1.54, 1.807) is 0 Å². The first-order valence-corrected chi connectivity index (χ1v) is 11.3. The Morgan fingerprint density at radius 1 is 1.03 bits per heavy atom. The van der Waals surface area contributed by atoms with E-state index in [1.807, 2.05) is 63.2 Å². The van der Waals surface area contributed by atoms with Crippen LogP contribution < -0.4 is 9.47 Å². The van der Waals surface area contributed by atoms with Crippen molar-refractivity contribution in [3.05, 3.63) is 60.2 Å². The topological polar surface area (TPSA) is 48.0 Å². The number of carbonyl (C=O) groups is 1. The molecule has 5 nitrogen and oxygen atoms in total. The second-order valence-electron chi connectivity index (χ2n) is 9.63. The van der Waals surface area contributed by atoms with E-state index in [0.29, 0.717) is 6.61 Å². The van der Waals surface area contributed by atoms with Crippen LogP contribution in [0.25, 0.3) is 0 Å². The van der Waals surface area contributed by atoms with Crippen LogP contribution >= 0.6 is 12.4 Å². The van der Waals surface area contributed by atoms with E-state index in [1.165, 1.54) is 0 Å². The Morgan fingerprint density at radius 3 is 2.31 bits per heavy atom. The molecule has 0 amide bonds. The van der Waals surface area contributed by atoms with Crippen molar-refractivity contribution in [2.24, 2.45) is 5.41 Å². The molecular formula is C26H34ClNO4. The van der Waals surface area contributed by atoms with Gasteiger partial charge in [0.25, 0.3) is 0 Å². The minimum absolute atomic E-state index is 0. The van der Waals surface area contributed by atoms with Crippen molar-refractivity contribution in [3.63, 3.8) is 0 Å². The summed E-state index contributed by atoms with van der Waals surface area (Å²) >= 11 is 0. The second kappa shape index (κ2) is 10.1. The normalized spacial score (nSPS) is 20.2. The Bertz CT molecular complexity index is 888. The van der Waals surface area contributed by atoms with Gasteiger partial charge >= 0.3 is 5.97 Å². The average molecular weight is 460 g/mol. The van der Waals surface area contributed by atoms with Gasteiger partial charge in [-0.15, -0.1) is 12.4 Å². The molecule has 0 bridgehead atoms. The molecule has 32 heavy (non-hydrogen) atoms. The highest BCUT2D eigenvalue weighted by Gasteiger charge is 2.42. The van der Waals surface area contributed by atoms with Crippen molar-refractivity contribution in [2.45, 2.75) is 51.7 Å². The molecule has 1 atom stereocenters. The van der Waals surface area contributed by atoms with Crippen LogP contribution in [0.3, 0.4) is 0 Å². The first-order chi connectivity index (χ1) is 14.9. The van der Waals surface area contributed by atoms with Gasteiger partial charge in [0.1, 0.15) is 18.3 Å². The minimum Gasteiger partial charge on any atom is -0.486 e. The summed E-state index contributed by atoms with van der Waals surface area (Å²) in [5.74, 6) is 1.51. The lowest BCUT2D eigenvalue weighted by atomic mass is 9.83. The number of nitrogens with zero attached hydrogens (tertiary/aromatic N) is 1. The number of benzene rings is 2. The highest BCUT2D eigenvalue weighted by atomic mass is 35.5. The van der Waals surface area contributed by atoms with E-state index in [-0.39, 0.29) is 24.5 Å². The lowest BCUT2D eigenvalue weighted by Gasteiger charge is -2.43. The molecule has 2 aromatic carbocycles. The molecule has 0 aromatic heterocycles. The molecule has 0 radical (unpaired) electrons. The van der Waals surface area contributed by atoms with Crippen LogP contribution in [0, 0.1) is 5.41 Å². The van der Waals surface area contributed by atoms with Gasteiger partial charge in [-0.1, -0.05) is 42.5 Å². The molecule has 0 aliphatic carbocycles. The standard InChI is InChI=1S/C26H33NO4.ClH/c1-25(2,3)24(28)31-26(20-9-5-4-6-10-20)14-17-27(18-15-26)16-13-21-19-29-22-11-7-8-12-23(22)30-21;/h4-12,21H,13-19H2,1-3H3;1H. The summed E-state index contributed by atoms with van der Waals surface area (Å²) in [6.07, 6.45) is 2.57. The Kier molecular flexibility index (Phi) is 7.73. The van der Waals surface area contributed by atoms with Crippen molar-refractivity contribution in [1.82, 2.24) is 4.90 Å². The molecule has 0 spiro atoms. The Labute approximate surface area is 197 Å². The number of rotatable bonds is 5. The molecule has 0 saturated carbocycles. The largest absolute Gasteiger partial charge is 0.486 e. The van der Waals surface area contributed by atoms with E-state index in [4.69, 9.17) is 14.2 Å². The molecule has 0 N–H and O–H groups in total. The predicted molar refractivity (Wildman–Crippen MR) is 128 cm³/mol. The summed E-state index contributed by atoms with van der Waals surface area (Å²) in [5.41, 5.74) is 0.0202. The number of ether oxygens (including phenoxy) is 3. The molecule has 2 aromatic rings. The van der Waals surface area contributed by atoms with Crippen LogP contribution in [0.4, 0.5) is 0 Å². The number of piperidine rings is 1. The number of esters is 1. The monoisotopic (exact) mass is 459 g/mol. The first kappa shape index (κ1) is 24.4. The maximum absolute atomic E-state index is 12.8. The lowest BCUT2D eigenvalue weighted by molar-refractivity contribution is -0.176. The van der Waals surface area contributed by atoms with Crippen molar-refractivity contribution in [1.29, 1.82) is 0 Å². The third kappa shape index (κ3) is 5.57. The smallest absolute Gasteiger partial charge is 0.312 e. The van der Waals surface area contributed by atoms with Crippen molar-refractivity contribution in [2.75, 3.05) is 26.2 Å². The van der Waals surface area contributed by atoms with Gasteiger partial charge in [-0.2, -0.15) is 0 Å². The summed E-state index contributed by atoms with van der Waals surface area (Å²) in [7, 11) is 0. The zero-order valence-electron chi connectivity index (χ0n) is 19.2. The number of para-hydroxylation sites is 2. The number of hydrogen-bond acceptors (Lipinski definition) is 5. The summed E-state index contributed by atoms with van der Waals surface area (Å²) in [6.45, 7) is 9.03. The molecule has 1 fully saturated rings. The van der Waals surface area contributed by atoms with Crippen LogP contribution in [0.5, 0.6) is 11.5 Å². The van der Waals surface area contributed by atoms with Crippen LogP contribution in [-0.2, 0) is 15.1 Å². The van der Waals surface area contributed by atoms with E-state index in [9.17, 15) is 4.79 Å². The third-order valence-corrected chi connectivity index (χ3v) is 6.20. The van der Waals surface area contributed by atoms with Crippen molar-refractivity contribution < 1.29 is 19.0 Å². The maximum atomic E-state index is 12.8. The summed E-state index contributed by atoms with van der Waals surface area (Å²) in [6, 6.07) is 18.0. The fourth-order valence-electron chi connectivity index (χ4n) is 4.19. The predicted octanol–water partition coefficient (Wildman–Crippen LogP) is 5.22.